The highest BCUT2D eigenvalue weighted by Crippen LogP contribution is 2.48. The Hall–Kier alpha value is -7.56. The topological polar surface area (TPSA) is 42.7 Å². The van der Waals surface area contributed by atoms with Gasteiger partial charge < -0.3 is 18.2 Å². The van der Waals surface area contributed by atoms with Crippen molar-refractivity contribution in [1.29, 1.82) is 0 Å². The molecule has 0 bridgehead atoms. The zero-order valence-corrected chi connectivity index (χ0v) is 30.1. The van der Waals surface area contributed by atoms with Crippen LogP contribution in [-0.4, -0.2) is 0 Å². The fraction of sp³-hybridized carbons (Fsp3) is 0. The second kappa shape index (κ2) is 12.0. The Morgan fingerprint density at radius 1 is 0.321 bits per heavy atom. The number of benzene rings is 9. The average Bonchev–Trinajstić information content (AvgIpc) is 3.94. The molecule has 262 valence electrons. The minimum atomic E-state index is 0.835. The summed E-state index contributed by atoms with van der Waals surface area (Å²) in [5.74, 6) is 0. The molecule has 0 saturated carbocycles. The van der Waals surface area contributed by atoms with E-state index in [0.717, 1.165) is 111 Å². The number of fused-ring (bicyclic) bond motifs is 10. The van der Waals surface area contributed by atoms with Crippen LogP contribution in [0, 0.1) is 0 Å². The second-order valence-electron chi connectivity index (χ2n) is 14.4. The molecule has 3 aromatic heterocycles. The maximum atomic E-state index is 6.70. The third-order valence-corrected chi connectivity index (χ3v) is 11.3. The molecule has 4 heteroatoms. The number of nitrogens with zero attached hydrogens (tertiary/aromatic N) is 1. The maximum absolute atomic E-state index is 6.70. The molecule has 12 rings (SSSR count). The highest BCUT2D eigenvalue weighted by Gasteiger charge is 2.24. The van der Waals surface area contributed by atoms with Gasteiger partial charge in [-0.25, -0.2) is 0 Å². The molecule has 0 N–H and O–H groups in total. The minimum absolute atomic E-state index is 0.835. The van der Waals surface area contributed by atoms with Gasteiger partial charge in [-0.2, -0.15) is 0 Å². The van der Waals surface area contributed by atoms with Gasteiger partial charge in [0.1, 0.15) is 27.9 Å². The highest BCUT2D eigenvalue weighted by molar-refractivity contribution is 6.17. The molecule has 0 aliphatic heterocycles. The summed E-state index contributed by atoms with van der Waals surface area (Å²) in [5, 5.41) is 8.96. The molecule has 0 atom stereocenters. The van der Waals surface area contributed by atoms with Gasteiger partial charge in [-0.15, -0.1) is 0 Å². The van der Waals surface area contributed by atoms with Crippen LogP contribution in [0.1, 0.15) is 0 Å². The summed E-state index contributed by atoms with van der Waals surface area (Å²) >= 11 is 0. The van der Waals surface area contributed by atoms with Crippen LogP contribution in [-0.2, 0) is 0 Å². The number of furan rings is 3. The fourth-order valence-electron chi connectivity index (χ4n) is 8.66. The van der Waals surface area contributed by atoms with Gasteiger partial charge in [-0.1, -0.05) is 121 Å². The van der Waals surface area contributed by atoms with Crippen LogP contribution < -0.4 is 4.90 Å². The Bertz CT molecular complexity index is 3490. The molecule has 56 heavy (non-hydrogen) atoms. The summed E-state index contributed by atoms with van der Waals surface area (Å²) in [6.45, 7) is 0. The van der Waals surface area contributed by atoms with Gasteiger partial charge in [0.25, 0.3) is 0 Å². The third kappa shape index (κ3) is 4.66. The number of hydrogen-bond acceptors (Lipinski definition) is 4. The molecule has 0 spiro atoms. The first-order chi connectivity index (χ1) is 27.7. The van der Waals surface area contributed by atoms with E-state index in [1.165, 1.54) is 5.39 Å². The van der Waals surface area contributed by atoms with Gasteiger partial charge in [0.05, 0.1) is 11.4 Å². The monoisotopic (exact) mass is 717 g/mol. The van der Waals surface area contributed by atoms with Gasteiger partial charge in [-0.05, 0) is 94.2 Å². The molecule has 0 aliphatic carbocycles. The van der Waals surface area contributed by atoms with Crippen molar-refractivity contribution in [3.8, 4) is 22.3 Å². The van der Waals surface area contributed by atoms with Crippen LogP contribution in [0.4, 0.5) is 17.1 Å². The smallest absolute Gasteiger partial charge is 0.159 e. The van der Waals surface area contributed by atoms with Gasteiger partial charge >= 0.3 is 0 Å². The van der Waals surface area contributed by atoms with Crippen molar-refractivity contribution in [2.45, 2.75) is 0 Å². The molecule has 12 aromatic rings. The van der Waals surface area contributed by atoms with E-state index < -0.39 is 0 Å². The molecule has 0 radical (unpaired) electrons. The zero-order valence-electron chi connectivity index (χ0n) is 30.1. The lowest BCUT2D eigenvalue weighted by Gasteiger charge is -2.28. The summed E-state index contributed by atoms with van der Waals surface area (Å²) in [6.07, 6.45) is 0. The zero-order chi connectivity index (χ0) is 36.7. The average molecular weight is 718 g/mol. The van der Waals surface area contributed by atoms with Crippen molar-refractivity contribution in [3.63, 3.8) is 0 Å². The Labute approximate surface area is 321 Å². The van der Waals surface area contributed by atoms with Crippen LogP contribution in [0.5, 0.6) is 0 Å². The SMILES string of the molecule is c1ccc(N(c2ccc(-c3ccc4c(c3)oc3ccccc34)cc2)c2cccc3c2oc2ccccc23)c(-c2cccc3oc4cc5ccccc5cc4c23)c1. The van der Waals surface area contributed by atoms with E-state index in [1.807, 2.05) is 24.3 Å². The predicted octanol–water partition coefficient (Wildman–Crippen LogP) is 15.3. The lowest BCUT2D eigenvalue weighted by atomic mass is 9.96. The van der Waals surface area contributed by atoms with E-state index in [0.29, 0.717) is 0 Å². The number of anilines is 3. The molecule has 0 amide bonds. The quantitative estimate of drug-likeness (QED) is 0.178. The normalized spacial score (nSPS) is 11.9. The number of hydrogen-bond donors (Lipinski definition) is 0. The van der Waals surface area contributed by atoms with E-state index in [-0.39, 0.29) is 0 Å². The number of para-hydroxylation sites is 4. The van der Waals surface area contributed by atoms with Crippen LogP contribution in [0.2, 0.25) is 0 Å². The Morgan fingerprint density at radius 3 is 1.75 bits per heavy atom. The van der Waals surface area contributed by atoms with Crippen molar-refractivity contribution < 1.29 is 13.3 Å². The molecule has 9 aromatic carbocycles. The second-order valence-corrected chi connectivity index (χ2v) is 14.4. The van der Waals surface area contributed by atoms with E-state index in [4.69, 9.17) is 13.3 Å². The maximum Gasteiger partial charge on any atom is 0.159 e. The van der Waals surface area contributed by atoms with Gasteiger partial charge in [-0.3, -0.25) is 0 Å². The van der Waals surface area contributed by atoms with Crippen molar-refractivity contribution in [3.05, 3.63) is 188 Å². The number of rotatable bonds is 5. The van der Waals surface area contributed by atoms with Gasteiger partial charge in [0, 0.05) is 43.6 Å². The standard InChI is InChI=1S/C52H31NO3/c1-2-12-34-30-50-43(29-33(34)11-1)51-41(16-10-22-48(51)55-50)37-13-3-6-18-44(37)53(45-19-9-17-42-39-15-5-8-21-47(39)56-52(42)45)36-26-23-32(24-27-36)35-25-28-40-38-14-4-7-20-46(38)54-49(40)31-35/h1-31H. The highest BCUT2D eigenvalue weighted by atomic mass is 16.3. The van der Waals surface area contributed by atoms with Crippen molar-refractivity contribution in [2.75, 3.05) is 4.90 Å². The van der Waals surface area contributed by atoms with Crippen LogP contribution in [0.25, 0.3) is 98.8 Å². The molecule has 0 saturated heterocycles. The van der Waals surface area contributed by atoms with Crippen molar-refractivity contribution >= 4 is 93.7 Å². The third-order valence-electron chi connectivity index (χ3n) is 11.3. The van der Waals surface area contributed by atoms with E-state index in [2.05, 4.69) is 169 Å². The van der Waals surface area contributed by atoms with Crippen molar-refractivity contribution in [1.82, 2.24) is 0 Å². The molecule has 0 unspecified atom stereocenters. The summed E-state index contributed by atoms with van der Waals surface area (Å²) in [4.78, 5) is 2.34. The Morgan fingerprint density at radius 2 is 0.893 bits per heavy atom. The first-order valence-corrected chi connectivity index (χ1v) is 18.9. The summed E-state index contributed by atoms with van der Waals surface area (Å²) < 4.78 is 19.5. The fourth-order valence-corrected chi connectivity index (χ4v) is 8.66. The Kier molecular flexibility index (Phi) is 6.60. The lowest BCUT2D eigenvalue weighted by Crippen LogP contribution is -2.11. The molecule has 0 fully saturated rings. The van der Waals surface area contributed by atoms with E-state index in [1.54, 1.807) is 0 Å². The first-order valence-electron chi connectivity index (χ1n) is 18.9. The van der Waals surface area contributed by atoms with Crippen LogP contribution >= 0.6 is 0 Å². The lowest BCUT2D eigenvalue weighted by molar-refractivity contribution is 0.668. The Balaban J connectivity index is 1.07. The largest absolute Gasteiger partial charge is 0.456 e. The summed E-state index contributed by atoms with van der Waals surface area (Å²) in [5.41, 5.74) is 12.6. The molecular formula is C52H31NO3. The predicted molar refractivity (Wildman–Crippen MR) is 231 cm³/mol. The molecule has 4 nitrogen and oxygen atoms in total. The first kappa shape index (κ1) is 30.9. The van der Waals surface area contributed by atoms with Gasteiger partial charge in [0.2, 0.25) is 0 Å². The van der Waals surface area contributed by atoms with Crippen molar-refractivity contribution in [2.24, 2.45) is 0 Å². The van der Waals surface area contributed by atoms with Crippen LogP contribution in [0.15, 0.2) is 201 Å². The summed E-state index contributed by atoms with van der Waals surface area (Å²) in [7, 11) is 0. The minimum Gasteiger partial charge on any atom is -0.456 e. The van der Waals surface area contributed by atoms with E-state index in [9.17, 15) is 0 Å². The summed E-state index contributed by atoms with van der Waals surface area (Å²) in [6, 6.07) is 66.1. The van der Waals surface area contributed by atoms with Crippen LogP contribution in [0.3, 0.4) is 0 Å². The molecular weight excluding hydrogens is 687 g/mol. The van der Waals surface area contributed by atoms with E-state index >= 15 is 0 Å². The van der Waals surface area contributed by atoms with Gasteiger partial charge in [0.15, 0.2) is 5.58 Å². The molecule has 3 heterocycles. The molecule has 0 aliphatic rings.